The molecule has 21 heavy (non-hydrogen) atoms. The summed E-state index contributed by atoms with van der Waals surface area (Å²) in [5.74, 6) is 0.160. The number of benzene rings is 1. The standard InChI is InChI=1S/C16H18N4O/c1-3-20-13(8-12(2)18-20)9-14(21)10-19-11-17-15-6-4-5-7-16(15)19/h4-8,11H,3,9-10H2,1-2H3. The third-order valence-electron chi connectivity index (χ3n) is 3.54. The molecule has 0 aliphatic carbocycles. The number of aromatic nitrogens is 4. The van der Waals surface area contributed by atoms with Gasteiger partial charge in [0.2, 0.25) is 0 Å². The van der Waals surface area contributed by atoms with Gasteiger partial charge < -0.3 is 4.57 Å². The van der Waals surface area contributed by atoms with Crippen molar-refractivity contribution in [3.8, 4) is 0 Å². The van der Waals surface area contributed by atoms with E-state index in [1.165, 1.54) is 0 Å². The summed E-state index contributed by atoms with van der Waals surface area (Å²) in [5, 5.41) is 4.37. The number of fused-ring (bicyclic) bond motifs is 1. The normalized spacial score (nSPS) is 11.1. The van der Waals surface area contributed by atoms with Crippen LogP contribution in [-0.2, 0) is 24.3 Å². The van der Waals surface area contributed by atoms with E-state index < -0.39 is 0 Å². The number of para-hydroxylation sites is 2. The second-order valence-corrected chi connectivity index (χ2v) is 5.17. The Morgan fingerprint density at radius 1 is 1.29 bits per heavy atom. The maximum atomic E-state index is 12.3. The SMILES string of the molecule is CCn1nc(C)cc1CC(=O)Cn1cnc2ccccc21. The number of nitrogens with zero attached hydrogens (tertiary/aromatic N) is 4. The molecule has 1 aromatic carbocycles. The third kappa shape index (κ3) is 2.72. The number of Topliss-reactive ketones (excluding diaryl/α,β-unsaturated/α-hetero) is 1. The molecule has 0 radical (unpaired) electrons. The first-order chi connectivity index (χ1) is 10.2. The van der Waals surface area contributed by atoms with Crippen molar-refractivity contribution in [1.29, 1.82) is 0 Å². The van der Waals surface area contributed by atoms with Crippen molar-refractivity contribution in [2.45, 2.75) is 33.4 Å². The van der Waals surface area contributed by atoms with Crippen LogP contribution in [0.5, 0.6) is 0 Å². The molecule has 0 saturated heterocycles. The Kier molecular flexibility index (Phi) is 3.56. The molecule has 0 N–H and O–H groups in total. The Morgan fingerprint density at radius 3 is 2.90 bits per heavy atom. The number of ketones is 1. The van der Waals surface area contributed by atoms with E-state index in [0.717, 1.165) is 29.0 Å². The number of hydrogen-bond acceptors (Lipinski definition) is 3. The largest absolute Gasteiger partial charge is 0.323 e. The molecule has 0 atom stereocenters. The van der Waals surface area contributed by atoms with E-state index >= 15 is 0 Å². The van der Waals surface area contributed by atoms with Crippen molar-refractivity contribution in [2.24, 2.45) is 0 Å². The van der Waals surface area contributed by atoms with Crippen LogP contribution in [0.3, 0.4) is 0 Å². The smallest absolute Gasteiger partial charge is 0.158 e. The van der Waals surface area contributed by atoms with Gasteiger partial charge in [-0.05, 0) is 32.0 Å². The third-order valence-corrected chi connectivity index (χ3v) is 3.54. The van der Waals surface area contributed by atoms with Crippen LogP contribution in [0.15, 0.2) is 36.7 Å². The van der Waals surface area contributed by atoms with Gasteiger partial charge in [0, 0.05) is 12.2 Å². The minimum atomic E-state index is 0.160. The van der Waals surface area contributed by atoms with Crippen LogP contribution in [0.1, 0.15) is 18.3 Å². The highest BCUT2D eigenvalue weighted by Gasteiger charge is 2.11. The lowest BCUT2D eigenvalue weighted by atomic mass is 10.2. The zero-order valence-electron chi connectivity index (χ0n) is 12.3. The molecule has 2 heterocycles. The number of imidazole rings is 1. The van der Waals surface area contributed by atoms with Gasteiger partial charge in [0.25, 0.3) is 0 Å². The molecule has 0 aliphatic heterocycles. The van der Waals surface area contributed by atoms with Gasteiger partial charge in [0.05, 0.1) is 36.0 Å². The molecule has 5 heteroatoms. The van der Waals surface area contributed by atoms with E-state index in [1.54, 1.807) is 6.33 Å². The minimum absolute atomic E-state index is 0.160. The van der Waals surface area contributed by atoms with E-state index in [0.29, 0.717) is 13.0 Å². The Bertz CT molecular complexity index is 785. The highest BCUT2D eigenvalue weighted by molar-refractivity contribution is 5.83. The highest BCUT2D eigenvalue weighted by atomic mass is 16.1. The summed E-state index contributed by atoms with van der Waals surface area (Å²) < 4.78 is 3.79. The maximum Gasteiger partial charge on any atom is 0.158 e. The summed E-state index contributed by atoms with van der Waals surface area (Å²) in [4.78, 5) is 16.6. The first-order valence-corrected chi connectivity index (χ1v) is 7.12. The van der Waals surface area contributed by atoms with Gasteiger partial charge in [0.15, 0.2) is 5.78 Å². The molecule has 2 aromatic heterocycles. The van der Waals surface area contributed by atoms with Crippen LogP contribution in [0.4, 0.5) is 0 Å². The van der Waals surface area contributed by atoms with Gasteiger partial charge in [0.1, 0.15) is 0 Å². The molecule has 3 rings (SSSR count). The lowest BCUT2D eigenvalue weighted by Gasteiger charge is -2.05. The first-order valence-electron chi connectivity index (χ1n) is 7.12. The van der Waals surface area contributed by atoms with Gasteiger partial charge in [-0.15, -0.1) is 0 Å². The van der Waals surface area contributed by atoms with E-state index in [-0.39, 0.29) is 5.78 Å². The fourth-order valence-corrected chi connectivity index (χ4v) is 2.60. The molecule has 108 valence electrons. The summed E-state index contributed by atoms with van der Waals surface area (Å²) >= 11 is 0. The van der Waals surface area contributed by atoms with E-state index in [1.807, 2.05) is 53.4 Å². The molecule has 0 spiro atoms. The van der Waals surface area contributed by atoms with Crippen molar-refractivity contribution in [3.63, 3.8) is 0 Å². The number of carbonyl (C=O) groups excluding carboxylic acids is 1. The van der Waals surface area contributed by atoms with Crippen LogP contribution in [0.25, 0.3) is 11.0 Å². The second-order valence-electron chi connectivity index (χ2n) is 5.17. The van der Waals surface area contributed by atoms with Crippen molar-refractivity contribution < 1.29 is 4.79 Å². The molecular formula is C16H18N4O. The molecule has 0 fully saturated rings. The summed E-state index contributed by atoms with van der Waals surface area (Å²) in [6, 6.07) is 9.82. The van der Waals surface area contributed by atoms with E-state index in [9.17, 15) is 4.79 Å². The van der Waals surface area contributed by atoms with E-state index in [4.69, 9.17) is 0 Å². The van der Waals surface area contributed by atoms with Crippen LogP contribution in [-0.4, -0.2) is 25.1 Å². The molecule has 0 bridgehead atoms. The van der Waals surface area contributed by atoms with Crippen molar-refractivity contribution in [1.82, 2.24) is 19.3 Å². The molecule has 0 amide bonds. The molecule has 0 saturated carbocycles. The predicted octanol–water partition coefficient (Wildman–Crippen LogP) is 2.37. The Morgan fingerprint density at radius 2 is 2.10 bits per heavy atom. The average Bonchev–Trinajstić information content (AvgIpc) is 3.03. The molecule has 0 aliphatic rings. The summed E-state index contributed by atoms with van der Waals surface area (Å²) in [6.45, 7) is 5.10. The predicted molar refractivity (Wildman–Crippen MR) is 81.1 cm³/mol. The fourth-order valence-electron chi connectivity index (χ4n) is 2.60. The van der Waals surface area contributed by atoms with Gasteiger partial charge in [-0.3, -0.25) is 9.48 Å². The van der Waals surface area contributed by atoms with Crippen LogP contribution >= 0.6 is 0 Å². The monoisotopic (exact) mass is 282 g/mol. The second kappa shape index (κ2) is 5.52. The molecular weight excluding hydrogens is 264 g/mol. The van der Waals surface area contributed by atoms with Crippen LogP contribution < -0.4 is 0 Å². The molecule has 5 nitrogen and oxygen atoms in total. The van der Waals surface area contributed by atoms with Gasteiger partial charge in [-0.2, -0.15) is 5.10 Å². The Labute approximate surface area is 123 Å². The van der Waals surface area contributed by atoms with Gasteiger partial charge >= 0.3 is 0 Å². The van der Waals surface area contributed by atoms with Crippen LogP contribution in [0, 0.1) is 6.92 Å². The van der Waals surface area contributed by atoms with Gasteiger partial charge in [-0.1, -0.05) is 12.1 Å². The maximum absolute atomic E-state index is 12.3. The fraction of sp³-hybridized carbons (Fsp3) is 0.312. The Balaban J connectivity index is 1.77. The lowest BCUT2D eigenvalue weighted by molar-refractivity contribution is -0.119. The van der Waals surface area contributed by atoms with Crippen molar-refractivity contribution in [3.05, 3.63) is 48.0 Å². The zero-order chi connectivity index (χ0) is 14.8. The highest BCUT2D eigenvalue weighted by Crippen LogP contribution is 2.12. The number of rotatable bonds is 5. The number of carbonyl (C=O) groups is 1. The van der Waals surface area contributed by atoms with Crippen LogP contribution in [0.2, 0.25) is 0 Å². The number of hydrogen-bond donors (Lipinski definition) is 0. The Hall–Kier alpha value is -2.43. The topological polar surface area (TPSA) is 52.7 Å². The summed E-state index contributed by atoms with van der Waals surface area (Å²) in [7, 11) is 0. The molecule has 0 unspecified atom stereocenters. The average molecular weight is 282 g/mol. The van der Waals surface area contributed by atoms with Gasteiger partial charge in [-0.25, -0.2) is 4.98 Å². The lowest BCUT2D eigenvalue weighted by Crippen LogP contribution is -2.14. The quantitative estimate of drug-likeness (QED) is 0.722. The van der Waals surface area contributed by atoms with E-state index in [2.05, 4.69) is 10.1 Å². The minimum Gasteiger partial charge on any atom is -0.323 e. The van der Waals surface area contributed by atoms with Crippen molar-refractivity contribution in [2.75, 3.05) is 0 Å². The summed E-state index contributed by atoms with van der Waals surface area (Å²) in [6.07, 6.45) is 2.13. The molecule has 3 aromatic rings. The first kappa shape index (κ1) is 13.5. The van der Waals surface area contributed by atoms with Crippen molar-refractivity contribution >= 4 is 16.8 Å². The summed E-state index contributed by atoms with van der Waals surface area (Å²) in [5.41, 5.74) is 3.84. The number of aryl methyl sites for hydroxylation is 2. The zero-order valence-corrected chi connectivity index (χ0v) is 12.3.